The summed E-state index contributed by atoms with van der Waals surface area (Å²) in [6, 6.07) is 7.61. The van der Waals surface area contributed by atoms with E-state index < -0.39 is 12.1 Å². The molecular formula is C25H29N7O2. The van der Waals surface area contributed by atoms with E-state index in [0.29, 0.717) is 25.5 Å². The number of amides is 1. The van der Waals surface area contributed by atoms with Crippen LogP contribution in [0.15, 0.2) is 24.5 Å². The lowest BCUT2D eigenvalue weighted by Crippen LogP contribution is -2.55. The van der Waals surface area contributed by atoms with Gasteiger partial charge in [0.2, 0.25) is 0 Å². The summed E-state index contributed by atoms with van der Waals surface area (Å²) in [6.45, 7) is 9.51. The predicted octanol–water partition coefficient (Wildman–Crippen LogP) is 3.62. The molecule has 9 nitrogen and oxygen atoms in total. The van der Waals surface area contributed by atoms with Gasteiger partial charge in [0, 0.05) is 24.0 Å². The highest BCUT2D eigenvalue weighted by Crippen LogP contribution is 2.34. The molecule has 176 valence electrons. The van der Waals surface area contributed by atoms with Gasteiger partial charge < -0.3 is 15.4 Å². The number of piperazine rings is 1. The van der Waals surface area contributed by atoms with Gasteiger partial charge >= 0.3 is 6.09 Å². The van der Waals surface area contributed by atoms with Crippen LogP contribution in [0.2, 0.25) is 0 Å². The van der Waals surface area contributed by atoms with E-state index in [-0.39, 0.29) is 6.61 Å². The third kappa shape index (κ3) is 4.19. The Hall–Kier alpha value is -3.93. The van der Waals surface area contributed by atoms with E-state index >= 15 is 0 Å². The second-order valence-electron chi connectivity index (χ2n) is 8.41. The number of pyridine rings is 1. The highest BCUT2D eigenvalue weighted by molar-refractivity contribution is 5.94. The van der Waals surface area contributed by atoms with Crippen molar-refractivity contribution >= 4 is 28.6 Å². The molecule has 1 saturated heterocycles. The molecule has 1 atom stereocenters. The Bertz CT molecular complexity index is 1280. The Labute approximate surface area is 199 Å². The van der Waals surface area contributed by atoms with Gasteiger partial charge in [-0.15, -0.1) is 0 Å². The summed E-state index contributed by atoms with van der Waals surface area (Å²) in [5.41, 5.74) is 12.1. The van der Waals surface area contributed by atoms with Gasteiger partial charge in [0.25, 0.3) is 0 Å². The van der Waals surface area contributed by atoms with Crippen LogP contribution in [0, 0.1) is 25.2 Å². The number of nitrogens with zero attached hydrogens (tertiary/aromatic N) is 6. The fraction of sp³-hybridized carbons (Fsp3) is 0.400. The standard InChI is InChI=1S/C25H29N7O2/c1-5-18-16(4)10-22(27)30-23(18)19-11-21-20(9-15(19)3)24(29-14-28-21)31-7-8-32(17(12-26)13-31)25(33)34-6-2/h9-11,14,17H,5-8,13H2,1-4H3,(H2,27,30). The van der Waals surface area contributed by atoms with Gasteiger partial charge in [0.1, 0.15) is 24.0 Å². The second kappa shape index (κ2) is 9.51. The van der Waals surface area contributed by atoms with Crippen LogP contribution in [0.5, 0.6) is 0 Å². The van der Waals surface area contributed by atoms with E-state index in [1.165, 1.54) is 11.2 Å². The summed E-state index contributed by atoms with van der Waals surface area (Å²) in [7, 11) is 0. The number of nitrogen functional groups attached to an aromatic ring is 1. The largest absolute Gasteiger partial charge is 0.450 e. The lowest BCUT2D eigenvalue weighted by atomic mass is 9.95. The summed E-state index contributed by atoms with van der Waals surface area (Å²) in [6.07, 6.45) is 1.92. The molecule has 0 saturated carbocycles. The molecular weight excluding hydrogens is 430 g/mol. The van der Waals surface area contributed by atoms with Gasteiger partial charge in [0.15, 0.2) is 0 Å². The van der Waals surface area contributed by atoms with Crippen molar-refractivity contribution in [1.82, 2.24) is 19.9 Å². The number of ether oxygens (including phenoxy) is 1. The number of carbonyl (C=O) groups excluding carboxylic acids is 1. The molecule has 34 heavy (non-hydrogen) atoms. The number of nitriles is 1. The van der Waals surface area contributed by atoms with E-state index in [4.69, 9.17) is 10.5 Å². The van der Waals surface area contributed by atoms with Crippen LogP contribution >= 0.6 is 0 Å². The molecule has 1 aliphatic rings. The maximum atomic E-state index is 12.2. The molecule has 0 aliphatic carbocycles. The molecule has 1 unspecified atom stereocenters. The topological polar surface area (TPSA) is 121 Å². The van der Waals surface area contributed by atoms with Crippen LogP contribution < -0.4 is 10.6 Å². The maximum Gasteiger partial charge on any atom is 0.410 e. The number of anilines is 2. The number of hydrogen-bond donors (Lipinski definition) is 1. The van der Waals surface area contributed by atoms with Crippen molar-refractivity contribution in [3.05, 3.63) is 41.2 Å². The van der Waals surface area contributed by atoms with Gasteiger partial charge in [-0.2, -0.15) is 5.26 Å². The number of rotatable bonds is 4. The lowest BCUT2D eigenvalue weighted by Gasteiger charge is -2.38. The van der Waals surface area contributed by atoms with E-state index in [0.717, 1.165) is 51.1 Å². The molecule has 3 aromatic rings. The fourth-order valence-corrected chi connectivity index (χ4v) is 4.61. The number of benzene rings is 1. The average molecular weight is 460 g/mol. The minimum absolute atomic E-state index is 0.274. The summed E-state index contributed by atoms with van der Waals surface area (Å²) in [5.74, 6) is 1.24. The zero-order chi connectivity index (χ0) is 24.4. The number of aromatic nitrogens is 3. The first kappa shape index (κ1) is 23.2. The molecule has 9 heteroatoms. The van der Waals surface area contributed by atoms with Crippen LogP contribution in [-0.4, -0.2) is 58.2 Å². The second-order valence-corrected chi connectivity index (χ2v) is 8.41. The smallest absolute Gasteiger partial charge is 0.410 e. The van der Waals surface area contributed by atoms with E-state index in [2.05, 4.69) is 40.9 Å². The quantitative estimate of drug-likeness (QED) is 0.628. The van der Waals surface area contributed by atoms with Crippen molar-refractivity contribution in [3.63, 3.8) is 0 Å². The van der Waals surface area contributed by atoms with Crippen LogP contribution in [0.25, 0.3) is 22.2 Å². The van der Waals surface area contributed by atoms with Crippen LogP contribution in [-0.2, 0) is 11.2 Å². The van der Waals surface area contributed by atoms with Crippen molar-refractivity contribution in [2.24, 2.45) is 0 Å². The third-order valence-electron chi connectivity index (χ3n) is 6.27. The monoisotopic (exact) mass is 459 g/mol. The van der Waals surface area contributed by atoms with Crippen molar-refractivity contribution in [1.29, 1.82) is 5.26 Å². The van der Waals surface area contributed by atoms with Crippen LogP contribution in [0.1, 0.15) is 30.5 Å². The molecule has 4 rings (SSSR count). The van der Waals surface area contributed by atoms with Gasteiger partial charge in [0.05, 0.1) is 30.4 Å². The minimum atomic E-state index is -0.621. The van der Waals surface area contributed by atoms with Crippen LogP contribution in [0.4, 0.5) is 16.4 Å². The summed E-state index contributed by atoms with van der Waals surface area (Å²) >= 11 is 0. The molecule has 1 amide bonds. The molecule has 0 bridgehead atoms. The summed E-state index contributed by atoms with van der Waals surface area (Å²) < 4.78 is 5.11. The van der Waals surface area contributed by atoms with Crippen molar-refractivity contribution in [3.8, 4) is 17.3 Å². The number of fused-ring (bicyclic) bond motifs is 1. The normalized spacial score (nSPS) is 15.9. The zero-order valence-electron chi connectivity index (χ0n) is 20.0. The molecule has 0 radical (unpaired) electrons. The summed E-state index contributed by atoms with van der Waals surface area (Å²) in [4.78, 5) is 29.5. The number of hydrogen-bond acceptors (Lipinski definition) is 8. The first-order chi connectivity index (χ1) is 16.4. The van der Waals surface area contributed by atoms with Crippen molar-refractivity contribution in [2.75, 3.05) is 36.9 Å². The predicted molar refractivity (Wildman–Crippen MR) is 131 cm³/mol. The van der Waals surface area contributed by atoms with Crippen molar-refractivity contribution < 1.29 is 9.53 Å². The van der Waals surface area contributed by atoms with E-state index in [1.54, 1.807) is 6.92 Å². The van der Waals surface area contributed by atoms with Gasteiger partial charge in [-0.25, -0.2) is 19.7 Å². The van der Waals surface area contributed by atoms with Gasteiger partial charge in [-0.1, -0.05) is 6.92 Å². The Balaban J connectivity index is 1.74. The fourth-order valence-electron chi connectivity index (χ4n) is 4.61. The van der Waals surface area contributed by atoms with Gasteiger partial charge in [-0.3, -0.25) is 4.90 Å². The van der Waals surface area contributed by atoms with Crippen LogP contribution in [0.3, 0.4) is 0 Å². The Morgan fingerprint density at radius 2 is 2.00 bits per heavy atom. The van der Waals surface area contributed by atoms with Gasteiger partial charge in [-0.05, 0) is 62.1 Å². The molecule has 1 aromatic carbocycles. The Morgan fingerprint density at radius 1 is 1.21 bits per heavy atom. The highest BCUT2D eigenvalue weighted by atomic mass is 16.6. The number of aryl methyl sites for hydroxylation is 2. The summed E-state index contributed by atoms with van der Waals surface area (Å²) in [5, 5.41) is 10.6. The molecule has 0 spiro atoms. The third-order valence-corrected chi connectivity index (χ3v) is 6.27. The molecule has 1 aliphatic heterocycles. The number of carbonyl (C=O) groups is 1. The highest BCUT2D eigenvalue weighted by Gasteiger charge is 2.32. The lowest BCUT2D eigenvalue weighted by molar-refractivity contribution is 0.0951. The first-order valence-corrected chi connectivity index (χ1v) is 11.5. The molecule has 2 N–H and O–H groups in total. The van der Waals surface area contributed by atoms with E-state index in [9.17, 15) is 10.1 Å². The average Bonchev–Trinajstić information content (AvgIpc) is 2.82. The first-order valence-electron chi connectivity index (χ1n) is 11.5. The SMILES string of the molecule is CCOC(=O)N1CCN(c2ncnc3cc(-c4nc(N)cc(C)c4CC)c(C)cc23)CC1C#N. The minimum Gasteiger partial charge on any atom is -0.450 e. The molecule has 3 heterocycles. The maximum absolute atomic E-state index is 12.2. The molecule has 2 aromatic heterocycles. The number of nitrogens with two attached hydrogens (primary N) is 1. The van der Waals surface area contributed by atoms with E-state index in [1.807, 2.05) is 24.0 Å². The molecule has 1 fully saturated rings. The van der Waals surface area contributed by atoms with Crippen molar-refractivity contribution in [2.45, 2.75) is 40.2 Å². The Kier molecular flexibility index (Phi) is 6.50. The zero-order valence-corrected chi connectivity index (χ0v) is 20.0. The Morgan fingerprint density at radius 3 is 2.71 bits per heavy atom.